The van der Waals surface area contributed by atoms with E-state index in [2.05, 4.69) is 17.5 Å². The van der Waals surface area contributed by atoms with Crippen LogP contribution in [0.1, 0.15) is 55.6 Å². The fourth-order valence-electron chi connectivity index (χ4n) is 4.64. The molecule has 29 heavy (non-hydrogen) atoms. The van der Waals surface area contributed by atoms with Crippen molar-refractivity contribution in [3.05, 3.63) is 47.7 Å². The van der Waals surface area contributed by atoms with Crippen LogP contribution in [0.4, 0.5) is 0 Å². The summed E-state index contributed by atoms with van der Waals surface area (Å²) in [6.45, 7) is 4.34. The molecule has 0 unspecified atom stereocenters. The van der Waals surface area contributed by atoms with Crippen LogP contribution in [0.5, 0.6) is 0 Å². The highest BCUT2D eigenvalue weighted by Gasteiger charge is 2.64. The first-order valence-electron chi connectivity index (χ1n) is 10.2. The first-order valence-corrected chi connectivity index (χ1v) is 10.2. The molecule has 0 bridgehead atoms. The number of carbonyl (C=O) groups is 2. The van der Waals surface area contributed by atoms with Crippen molar-refractivity contribution in [2.45, 2.75) is 39.5 Å². The Morgan fingerprint density at radius 2 is 2.03 bits per heavy atom. The predicted octanol–water partition coefficient (Wildman–Crippen LogP) is 4.40. The number of esters is 1. The summed E-state index contributed by atoms with van der Waals surface area (Å²) in [5, 5.41) is 4.08. The second-order valence-electron chi connectivity index (χ2n) is 8.07. The lowest BCUT2D eigenvalue weighted by atomic mass is 9.90. The second kappa shape index (κ2) is 7.85. The first-order chi connectivity index (χ1) is 14.0. The third kappa shape index (κ3) is 3.84. The minimum atomic E-state index is -0.341. The van der Waals surface area contributed by atoms with E-state index in [-0.39, 0.29) is 23.2 Å². The smallest absolute Gasteiger partial charge is 0.338 e. The predicted molar refractivity (Wildman–Crippen MR) is 109 cm³/mol. The highest BCUT2D eigenvalue weighted by Crippen LogP contribution is 2.66. The van der Waals surface area contributed by atoms with Crippen molar-refractivity contribution in [1.29, 1.82) is 0 Å². The summed E-state index contributed by atoms with van der Waals surface area (Å²) in [4.78, 5) is 24.2. The number of carbonyl (C=O) groups excluding carboxylic acids is 2. The molecule has 0 radical (unpaired) electrons. The topological polar surface area (TPSA) is 80.9 Å². The number of hydrazone groups is 1. The number of rotatable bonds is 6. The first kappa shape index (κ1) is 19.4. The lowest BCUT2D eigenvalue weighted by molar-refractivity contribution is -0.123. The zero-order valence-corrected chi connectivity index (χ0v) is 16.8. The van der Waals surface area contributed by atoms with Crippen LogP contribution in [0, 0.1) is 17.3 Å². The van der Waals surface area contributed by atoms with Crippen molar-refractivity contribution in [2.24, 2.45) is 22.4 Å². The van der Waals surface area contributed by atoms with Crippen molar-refractivity contribution in [3.63, 3.8) is 0 Å². The Hall–Kier alpha value is -2.89. The van der Waals surface area contributed by atoms with Crippen LogP contribution in [0.25, 0.3) is 11.3 Å². The van der Waals surface area contributed by atoms with Crippen LogP contribution >= 0.6 is 0 Å². The average molecular weight is 394 g/mol. The van der Waals surface area contributed by atoms with Gasteiger partial charge in [0, 0.05) is 11.5 Å². The number of benzene rings is 1. The van der Waals surface area contributed by atoms with Crippen molar-refractivity contribution in [2.75, 3.05) is 6.61 Å². The Morgan fingerprint density at radius 1 is 1.24 bits per heavy atom. The summed E-state index contributed by atoms with van der Waals surface area (Å²) < 4.78 is 10.8. The van der Waals surface area contributed by atoms with E-state index in [0.717, 1.165) is 18.4 Å². The van der Waals surface area contributed by atoms with Gasteiger partial charge in [0.25, 0.3) is 0 Å². The van der Waals surface area contributed by atoms with E-state index in [0.29, 0.717) is 29.6 Å². The Morgan fingerprint density at radius 3 is 2.72 bits per heavy atom. The monoisotopic (exact) mass is 394 g/mol. The van der Waals surface area contributed by atoms with Gasteiger partial charge in [-0.2, -0.15) is 5.10 Å². The van der Waals surface area contributed by atoms with Gasteiger partial charge in [-0.1, -0.05) is 31.9 Å². The Labute approximate surface area is 170 Å². The SMILES string of the molecule is CCOC(=O)c1ccc(-c2ccc(/C=N\NC(=O)[C@H]3[C@H]4CCCC[C@@]43C)o2)cc1. The summed E-state index contributed by atoms with van der Waals surface area (Å²) in [5.74, 6) is 1.48. The molecule has 6 heteroatoms. The van der Waals surface area contributed by atoms with Crippen LogP contribution < -0.4 is 5.43 Å². The summed E-state index contributed by atoms with van der Waals surface area (Å²) in [7, 11) is 0. The number of hydrogen-bond acceptors (Lipinski definition) is 5. The van der Waals surface area contributed by atoms with E-state index in [1.54, 1.807) is 25.1 Å². The maximum absolute atomic E-state index is 12.4. The Bertz CT molecular complexity index is 931. The number of amides is 1. The van der Waals surface area contributed by atoms with Gasteiger partial charge >= 0.3 is 5.97 Å². The summed E-state index contributed by atoms with van der Waals surface area (Å²) in [5.41, 5.74) is 4.19. The largest absolute Gasteiger partial charge is 0.462 e. The molecule has 2 fully saturated rings. The zero-order chi connectivity index (χ0) is 20.4. The van der Waals surface area contributed by atoms with E-state index in [1.807, 2.05) is 18.2 Å². The Balaban J connectivity index is 1.34. The molecule has 0 saturated heterocycles. The molecule has 6 nitrogen and oxygen atoms in total. The van der Waals surface area contributed by atoms with E-state index >= 15 is 0 Å². The van der Waals surface area contributed by atoms with Crippen molar-refractivity contribution >= 4 is 18.1 Å². The lowest BCUT2D eigenvalue weighted by Gasteiger charge is -2.15. The van der Waals surface area contributed by atoms with Gasteiger partial charge < -0.3 is 9.15 Å². The molecule has 2 aromatic rings. The Kier molecular flexibility index (Phi) is 5.26. The molecule has 0 spiro atoms. The molecule has 1 amide bonds. The maximum Gasteiger partial charge on any atom is 0.338 e. The number of furan rings is 1. The van der Waals surface area contributed by atoms with E-state index < -0.39 is 0 Å². The zero-order valence-electron chi connectivity index (χ0n) is 16.8. The lowest BCUT2D eigenvalue weighted by Crippen LogP contribution is -2.22. The van der Waals surface area contributed by atoms with Crippen LogP contribution in [-0.4, -0.2) is 24.7 Å². The van der Waals surface area contributed by atoms with Crippen LogP contribution in [0.2, 0.25) is 0 Å². The molecule has 1 aromatic heterocycles. The molecule has 152 valence electrons. The number of hydrogen-bond donors (Lipinski definition) is 1. The molecule has 3 atom stereocenters. The number of fused-ring (bicyclic) bond motifs is 1. The standard InChI is InChI=1S/C23H26N2O4/c1-3-28-22(27)16-9-7-15(8-10-16)19-12-11-17(29-19)14-24-25-21(26)20-18-6-4-5-13-23(18,20)2/h7-12,14,18,20H,3-6,13H2,1-2H3,(H,25,26)/b24-14-/t18-,20-,23+/m1/s1. The van der Waals surface area contributed by atoms with Gasteiger partial charge in [0.15, 0.2) is 0 Å². The highest BCUT2D eigenvalue weighted by atomic mass is 16.5. The summed E-state index contributed by atoms with van der Waals surface area (Å²) in [6, 6.07) is 10.7. The third-order valence-electron chi connectivity index (χ3n) is 6.29. The minimum Gasteiger partial charge on any atom is -0.462 e. The maximum atomic E-state index is 12.4. The van der Waals surface area contributed by atoms with Crippen LogP contribution in [0.15, 0.2) is 45.9 Å². The van der Waals surface area contributed by atoms with Gasteiger partial charge in [0.1, 0.15) is 11.5 Å². The van der Waals surface area contributed by atoms with Gasteiger partial charge in [0.05, 0.1) is 18.4 Å². The molecule has 1 aromatic carbocycles. The fraction of sp³-hybridized carbons (Fsp3) is 0.435. The number of nitrogens with one attached hydrogen (secondary N) is 1. The quantitative estimate of drug-likeness (QED) is 0.447. The molecule has 2 saturated carbocycles. The summed E-state index contributed by atoms with van der Waals surface area (Å²) in [6.07, 6.45) is 6.24. The molecular weight excluding hydrogens is 368 g/mol. The minimum absolute atomic E-state index is 0.0111. The number of ether oxygens (including phenoxy) is 1. The van der Waals surface area contributed by atoms with E-state index in [4.69, 9.17) is 9.15 Å². The normalized spacial score (nSPS) is 25.4. The van der Waals surface area contributed by atoms with Crippen LogP contribution in [-0.2, 0) is 9.53 Å². The van der Waals surface area contributed by atoms with Crippen molar-refractivity contribution in [3.8, 4) is 11.3 Å². The van der Waals surface area contributed by atoms with Gasteiger partial charge in [-0.3, -0.25) is 4.79 Å². The number of nitrogens with zero attached hydrogens (tertiary/aromatic N) is 1. The molecular formula is C23H26N2O4. The molecule has 2 aliphatic rings. The van der Waals surface area contributed by atoms with Crippen molar-refractivity contribution < 1.29 is 18.7 Å². The molecule has 1 N–H and O–H groups in total. The van der Waals surface area contributed by atoms with Crippen molar-refractivity contribution in [1.82, 2.24) is 5.43 Å². The van der Waals surface area contributed by atoms with E-state index in [1.165, 1.54) is 19.1 Å². The van der Waals surface area contributed by atoms with Gasteiger partial charge in [-0.25, -0.2) is 10.2 Å². The van der Waals surface area contributed by atoms with Gasteiger partial charge in [-0.15, -0.1) is 0 Å². The molecule has 4 rings (SSSR count). The van der Waals surface area contributed by atoms with Gasteiger partial charge in [-0.05, 0) is 55.4 Å². The fourth-order valence-corrected chi connectivity index (χ4v) is 4.64. The molecule has 2 aliphatic carbocycles. The molecule has 0 aliphatic heterocycles. The summed E-state index contributed by atoms with van der Waals surface area (Å²) >= 11 is 0. The average Bonchev–Trinajstić information content (AvgIpc) is 3.09. The second-order valence-corrected chi connectivity index (χ2v) is 8.07. The van der Waals surface area contributed by atoms with Crippen LogP contribution in [0.3, 0.4) is 0 Å². The van der Waals surface area contributed by atoms with E-state index in [9.17, 15) is 9.59 Å². The third-order valence-corrected chi connectivity index (χ3v) is 6.29. The molecule has 1 heterocycles. The highest BCUT2D eigenvalue weighted by molar-refractivity contribution is 5.90. The van der Waals surface area contributed by atoms with Gasteiger partial charge in [0.2, 0.25) is 5.91 Å².